The number of imidazole rings is 1. The van der Waals surface area contributed by atoms with Crippen molar-refractivity contribution in [3.63, 3.8) is 0 Å². The van der Waals surface area contributed by atoms with Crippen LogP contribution in [0.1, 0.15) is 17.4 Å². The quantitative estimate of drug-likeness (QED) is 0.651. The van der Waals surface area contributed by atoms with Gasteiger partial charge in [-0.05, 0) is 11.3 Å². The molecule has 1 aromatic carbocycles. The number of aliphatic imine (C=N–C) groups is 1. The van der Waals surface area contributed by atoms with Crippen molar-refractivity contribution < 1.29 is 13.2 Å². The van der Waals surface area contributed by atoms with E-state index in [9.17, 15) is 18.4 Å². The van der Waals surface area contributed by atoms with Crippen molar-refractivity contribution in [1.29, 1.82) is 5.26 Å². The normalized spacial score (nSPS) is 17.5. The fourth-order valence-electron chi connectivity index (χ4n) is 3.27. The molecule has 1 unspecified atom stereocenters. The standard InChI is InChI=1S/C15H8F3N9/c16-15(17,18)12-14(25(6-19)23-22-12)26-8-21-13-9-3-1-2-4-10(9)24-7-20-5-11(24)27(13)26/h1-5,7-8,13H. The number of para-hydroxylation sites is 1. The summed E-state index contributed by atoms with van der Waals surface area (Å²) in [6, 6.07) is 7.38. The van der Waals surface area contributed by atoms with Gasteiger partial charge >= 0.3 is 6.18 Å². The fourth-order valence-corrected chi connectivity index (χ4v) is 3.27. The SMILES string of the molecule is N#Cn1nnc(C(F)(F)F)c1N1C=NC2c3ccccc3-n3cncc3N21. The lowest BCUT2D eigenvalue weighted by Gasteiger charge is -2.37. The Morgan fingerprint density at radius 3 is 2.78 bits per heavy atom. The second kappa shape index (κ2) is 5.07. The van der Waals surface area contributed by atoms with Crippen molar-refractivity contribution in [2.45, 2.75) is 12.3 Å². The van der Waals surface area contributed by atoms with Gasteiger partial charge in [0.2, 0.25) is 17.7 Å². The van der Waals surface area contributed by atoms with Gasteiger partial charge in [-0.2, -0.15) is 18.4 Å². The van der Waals surface area contributed by atoms with E-state index < -0.39 is 23.9 Å². The van der Waals surface area contributed by atoms with E-state index in [2.05, 4.69) is 20.3 Å². The van der Waals surface area contributed by atoms with Crippen molar-refractivity contribution in [3.05, 3.63) is 48.0 Å². The molecule has 0 fully saturated rings. The molecule has 134 valence electrons. The maximum atomic E-state index is 13.4. The van der Waals surface area contributed by atoms with Crippen LogP contribution in [0.25, 0.3) is 5.69 Å². The summed E-state index contributed by atoms with van der Waals surface area (Å²) in [5, 5.41) is 18.3. The second-order valence-corrected chi connectivity index (χ2v) is 5.78. The molecule has 0 amide bonds. The Morgan fingerprint density at radius 2 is 2.00 bits per heavy atom. The molecule has 4 heterocycles. The Bertz CT molecular complexity index is 1120. The summed E-state index contributed by atoms with van der Waals surface area (Å²) in [5.41, 5.74) is 0.334. The molecular weight excluding hydrogens is 363 g/mol. The lowest BCUT2D eigenvalue weighted by Crippen LogP contribution is -2.44. The zero-order valence-electron chi connectivity index (χ0n) is 13.3. The molecule has 2 aliphatic heterocycles. The van der Waals surface area contributed by atoms with Crippen molar-refractivity contribution >= 4 is 18.0 Å². The molecule has 0 aliphatic carbocycles. The minimum absolute atomic E-state index is 0.495. The van der Waals surface area contributed by atoms with E-state index in [-0.39, 0.29) is 0 Å². The Balaban J connectivity index is 1.72. The van der Waals surface area contributed by atoms with Crippen molar-refractivity contribution in [3.8, 4) is 11.9 Å². The number of rotatable bonds is 1. The van der Waals surface area contributed by atoms with Gasteiger partial charge in [-0.25, -0.2) is 20.0 Å². The first-order valence-electron chi connectivity index (χ1n) is 7.67. The van der Waals surface area contributed by atoms with E-state index >= 15 is 0 Å². The van der Waals surface area contributed by atoms with Crippen LogP contribution in [-0.4, -0.2) is 30.9 Å². The number of aromatic nitrogens is 5. The second-order valence-electron chi connectivity index (χ2n) is 5.78. The molecule has 3 aromatic rings. The van der Waals surface area contributed by atoms with E-state index in [1.54, 1.807) is 17.1 Å². The maximum absolute atomic E-state index is 13.4. The predicted octanol–water partition coefficient (Wildman–Crippen LogP) is 2.09. The third kappa shape index (κ3) is 1.99. The first kappa shape index (κ1) is 15.4. The molecule has 27 heavy (non-hydrogen) atoms. The average molecular weight is 371 g/mol. The Labute approximate surface area is 149 Å². The Kier molecular flexibility index (Phi) is 2.89. The first-order valence-corrected chi connectivity index (χ1v) is 7.67. The van der Waals surface area contributed by atoms with E-state index in [0.717, 1.165) is 16.3 Å². The summed E-state index contributed by atoms with van der Waals surface area (Å²) in [6.07, 6.45) is 0.499. The number of hydrazine groups is 1. The first-order chi connectivity index (χ1) is 13.0. The highest BCUT2D eigenvalue weighted by atomic mass is 19.4. The van der Waals surface area contributed by atoms with Crippen LogP contribution in [0.5, 0.6) is 0 Å². The molecule has 0 saturated heterocycles. The highest BCUT2D eigenvalue weighted by Crippen LogP contribution is 2.44. The van der Waals surface area contributed by atoms with Crippen LogP contribution >= 0.6 is 0 Å². The van der Waals surface area contributed by atoms with Gasteiger partial charge in [0.25, 0.3) is 0 Å². The highest BCUT2D eigenvalue weighted by molar-refractivity contribution is 5.87. The zero-order valence-corrected chi connectivity index (χ0v) is 13.3. The van der Waals surface area contributed by atoms with Gasteiger partial charge in [0.05, 0.1) is 11.9 Å². The molecule has 0 radical (unpaired) electrons. The molecule has 0 spiro atoms. The van der Waals surface area contributed by atoms with Gasteiger partial charge in [0, 0.05) is 5.56 Å². The Morgan fingerprint density at radius 1 is 1.19 bits per heavy atom. The van der Waals surface area contributed by atoms with Gasteiger partial charge < -0.3 is 0 Å². The number of nitrogens with zero attached hydrogens (tertiary/aromatic N) is 9. The number of nitriles is 1. The molecule has 2 aromatic heterocycles. The molecule has 0 bridgehead atoms. The molecule has 0 saturated carbocycles. The smallest absolute Gasteiger partial charge is 0.284 e. The van der Waals surface area contributed by atoms with Crippen LogP contribution in [0, 0.1) is 11.5 Å². The molecular formula is C15H8F3N9. The highest BCUT2D eigenvalue weighted by Gasteiger charge is 2.46. The van der Waals surface area contributed by atoms with Gasteiger partial charge in [-0.15, -0.1) is 9.78 Å². The van der Waals surface area contributed by atoms with Crippen molar-refractivity contribution in [2.24, 2.45) is 4.99 Å². The number of halogens is 3. The lowest BCUT2D eigenvalue weighted by molar-refractivity contribution is -0.140. The topological polar surface area (TPSA) is 91.2 Å². The van der Waals surface area contributed by atoms with Crippen LogP contribution in [0.4, 0.5) is 24.8 Å². The van der Waals surface area contributed by atoms with Gasteiger partial charge in [0.1, 0.15) is 12.7 Å². The average Bonchev–Trinajstić information content (AvgIpc) is 3.37. The van der Waals surface area contributed by atoms with E-state index in [1.807, 2.05) is 24.3 Å². The summed E-state index contributed by atoms with van der Waals surface area (Å²) in [5.74, 6) is -0.0432. The summed E-state index contributed by atoms with van der Waals surface area (Å²) in [4.78, 5) is 8.46. The monoisotopic (exact) mass is 371 g/mol. The van der Waals surface area contributed by atoms with Crippen LogP contribution in [0.3, 0.4) is 0 Å². The molecule has 5 rings (SSSR count). The van der Waals surface area contributed by atoms with Gasteiger partial charge in [-0.3, -0.25) is 4.57 Å². The van der Waals surface area contributed by atoms with Crippen LogP contribution in [0.2, 0.25) is 0 Å². The van der Waals surface area contributed by atoms with E-state index in [0.29, 0.717) is 10.5 Å². The largest absolute Gasteiger partial charge is 0.439 e. The lowest BCUT2D eigenvalue weighted by atomic mass is 10.1. The number of hydrogen-bond acceptors (Lipinski definition) is 7. The van der Waals surface area contributed by atoms with E-state index in [1.165, 1.54) is 17.5 Å². The maximum Gasteiger partial charge on any atom is 0.439 e. The van der Waals surface area contributed by atoms with Crippen LogP contribution in [-0.2, 0) is 6.18 Å². The third-order valence-electron chi connectivity index (χ3n) is 4.34. The molecule has 9 nitrogen and oxygen atoms in total. The van der Waals surface area contributed by atoms with Crippen molar-refractivity contribution in [1.82, 2.24) is 24.5 Å². The third-order valence-corrected chi connectivity index (χ3v) is 4.34. The number of hydrogen-bond donors (Lipinski definition) is 0. The minimum Gasteiger partial charge on any atom is -0.284 e. The summed E-state index contributed by atoms with van der Waals surface area (Å²) >= 11 is 0. The summed E-state index contributed by atoms with van der Waals surface area (Å²) in [6.45, 7) is 0. The predicted molar refractivity (Wildman–Crippen MR) is 85.8 cm³/mol. The van der Waals surface area contributed by atoms with Gasteiger partial charge in [0.15, 0.2) is 12.0 Å². The minimum atomic E-state index is -4.79. The summed E-state index contributed by atoms with van der Waals surface area (Å²) in [7, 11) is 0. The van der Waals surface area contributed by atoms with E-state index in [4.69, 9.17) is 0 Å². The molecule has 12 heteroatoms. The number of alkyl halides is 3. The molecule has 2 aliphatic rings. The molecule has 0 N–H and O–H groups in total. The zero-order chi connectivity index (χ0) is 18.8. The number of benzene rings is 1. The fraction of sp³-hybridized carbons (Fsp3) is 0.133. The van der Waals surface area contributed by atoms with Crippen LogP contribution < -0.4 is 10.0 Å². The van der Waals surface area contributed by atoms with Crippen molar-refractivity contribution in [2.75, 3.05) is 10.0 Å². The van der Waals surface area contributed by atoms with Crippen LogP contribution in [0.15, 0.2) is 41.8 Å². The number of anilines is 2. The Hall–Kier alpha value is -3.88. The van der Waals surface area contributed by atoms with Gasteiger partial charge in [-0.1, -0.05) is 18.2 Å². The number of fused-ring (bicyclic) bond motifs is 6. The summed E-state index contributed by atoms with van der Waals surface area (Å²) < 4.78 is 42.5. The molecule has 1 atom stereocenters.